The minimum Gasteiger partial charge on any atom is -0.497 e. The molecule has 0 fully saturated rings. The minimum absolute atomic E-state index is 0.291. The molecule has 2 heterocycles. The SMILES string of the molecule is CCCc1cc(=O)oc2c(C)c3c(cc12)CN(CCc1ccc(OC)cc1)CO3. The van der Waals surface area contributed by atoms with Gasteiger partial charge in [0.1, 0.15) is 23.8 Å². The number of methoxy groups -OCH3 is 1. The molecular weight excluding hydrogens is 366 g/mol. The maximum atomic E-state index is 12.0. The number of fused-ring (bicyclic) bond motifs is 2. The van der Waals surface area contributed by atoms with Crippen LogP contribution in [0.15, 0.2) is 45.6 Å². The summed E-state index contributed by atoms with van der Waals surface area (Å²) < 4.78 is 16.8. The van der Waals surface area contributed by atoms with E-state index in [1.165, 1.54) is 5.56 Å². The zero-order valence-corrected chi connectivity index (χ0v) is 17.3. The van der Waals surface area contributed by atoms with Crippen molar-refractivity contribution in [1.82, 2.24) is 4.90 Å². The Morgan fingerprint density at radius 1 is 1.14 bits per heavy atom. The van der Waals surface area contributed by atoms with Crippen LogP contribution in [-0.4, -0.2) is 25.3 Å². The van der Waals surface area contributed by atoms with E-state index in [0.717, 1.165) is 65.9 Å². The fourth-order valence-electron chi connectivity index (χ4n) is 4.03. The van der Waals surface area contributed by atoms with Gasteiger partial charge in [-0.3, -0.25) is 4.90 Å². The van der Waals surface area contributed by atoms with Gasteiger partial charge in [-0.25, -0.2) is 4.79 Å². The van der Waals surface area contributed by atoms with E-state index in [1.807, 2.05) is 19.1 Å². The Balaban J connectivity index is 1.57. The van der Waals surface area contributed by atoms with Crippen LogP contribution in [0, 0.1) is 6.92 Å². The van der Waals surface area contributed by atoms with Crippen molar-refractivity contribution in [3.63, 3.8) is 0 Å². The molecule has 2 aromatic carbocycles. The summed E-state index contributed by atoms with van der Waals surface area (Å²) in [6.45, 7) is 6.37. The van der Waals surface area contributed by atoms with Gasteiger partial charge in [0.15, 0.2) is 0 Å². The molecule has 152 valence electrons. The number of hydrogen-bond acceptors (Lipinski definition) is 5. The molecule has 0 radical (unpaired) electrons. The van der Waals surface area contributed by atoms with Crippen molar-refractivity contribution in [2.24, 2.45) is 0 Å². The Morgan fingerprint density at radius 3 is 2.66 bits per heavy atom. The van der Waals surface area contributed by atoms with Gasteiger partial charge in [-0.2, -0.15) is 0 Å². The lowest BCUT2D eigenvalue weighted by molar-refractivity contribution is 0.0959. The van der Waals surface area contributed by atoms with Crippen molar-refractivity contribution in [2.45, 2.75) is 39.7 Å². The predicted molar refractivity (Wildman–Crippen MR) is 114 cm³/mol. The van der Waals surface area contributed by atoms with Crippen LogP contribution < -0.4 is 15.1 Å². The largest absolute Gasteiger partial charge is 0.497 e. The van der Waals surface area contributed by atoms with Crippen LogP contribution in [0.4, 0.5) is 0 Å². The second-order valence-corrected chi connectivity index (χ2v) is 7.63. The van der Waals surface area contributed by atoms with Crippen LogP contribution in [0.1, 0.15) is 35.6 Å². The Hall–Kier alpha value is -2.79. The second-order valence-electron chi connectivity index (χ2n) is 7.63. The van der Waals surface area contributed by atoms with Gasteiger partial charge in [0.2, 0.25) is 0 Å². The average Bonchev–Trinajstić information content (AvgIpc) is 2.73. The third-order valence-electron chi connectivity index (χ3n) is 5.56. The molecule has 1 aliphatic rings. The Kier molecular flexibility index (Phi) is 5.58. The standard InChI is InChI=1S/C24H27NO4/c1-4-5-18-13-22(26)29-24-16(2)23-19(12-21(18)24)14-25(15-28-23)11-10-17-6-8-20(27-3)9-7-17/h6-9,12-13H,4-5,10-11,14-15H2,1-3H3. The topological polar surface area (TPSA) is 51.9 Å². The minimum atomic E-state index is -0.291. The van der Waals surface area contributed by atoms with E-state index in [0.29, 0.717) is 12.3 Å². The van der Waals surface area contributed by atoms with Gasteiger partial charge in [-0.15, -0.1) is 0 Å². The van der Waals surface area contributed by atoms with Crippen molar-refractivity contribution in [2.75, 3.05) is 20.4 Å². The molecule has 3 aromatic rings. The molecule has 0 atom stereocenters. The molecule has 0 aliphatic carbocycles. The number of rotatable bonds is 6. The summed E-state index contributed by atoms with van der Waals surface area (Å²) in [5, 5.41) is 1.03. The number of ether oxygens (including phenoxy) is 2. The quantitative estimate of drug-likeness (QED) is 0.579. The van der Waals surface area contributed by atoms with Crippen LogP contribution >= 0.6 is 0 Å². The van der Waals surface area contributed by atoms with Crippen LogP contribution in [0.2, 0.25) is 0 Å². The fourth-order valence-corrected chi connectivity index (χ4v) is 4.03. The van der Waals surface area contributed by atoms with Crippen LogP contribution in [-0.2, 0) is 19.4 Å². The smallest absolute Gasteiger partial charge is 0.336 e. The third kappa shape index (κ3) is 4.01. The summed E-state index contributed by atoms with van der Waals surface area (Å²) in [6.07, 6.45) is 2.80. The lowest BCUT2D eigenvalue weighted by Gasteiger charge is -2.30. The zero-order chi connectivity index (χ0) is 20.4. The van der Waals surface area contributed by atoms with E-state index in [-0.39, 0.29) is 5.63 Å². The van der Waals surface area contributed by atoms with E-state index in [2.05, 4.69) is 30.0 Å². The lowest BCUT2D eigenvalue weighted by Crippen LogP contribution is -2.34. The maximum Gasteiger partial charge on any atom is 0.336 e. The van der Waals surface area contributed by atoms with E-state index < -0.39 is 0 Å². The van der Waals surface area contributed by atoms with Crippen LogP contribution in [0.5, 0.6) is 11.5 Å². The molecule has 0 bridgehead atoms. The summed E-state index contributed by atoms with van der Waals surface area (Å²) in [7, 11) is 1.68. The molecule has 5 heteroatoms. The Morgan fingerprint density at radius 2 is 1.93 bits per heavy atom. The highest BCUT2D eigenvalue weighted by atomic mass is 16.5. The van der Waals surface area contributed by atoms with Gasteiger partial charge < -0.3 is 13.9 Å². The summed E-state index contributed by atoms with van der Waals surface area (Å²) in [6, 6.07) is 12.0. The Labute approximate surface area is 170 Å². The Bertz CT molecular complexity index is 1070. The van der Waals surface area contributed by atoms with Crippen molar-refractivity contribution in [1.29, 1.82) is 0 Å². The molecule has 0 saturated carbocycles. The zero-order valence-electron chi connectivity index (χ0n) is 17.3. The molecule has 29 heavy (non-hydrogen) atoms. The third-order valence-corrected chi connectivity index (χ3v) is 5.56. The van der Waals surface area contributed by atoms with E-state index in [9.17, 15) is 4.79 Å². The molecule has 0 unspecified atom stereocenters. The lowest BCUT2D eigenvalue weighted by atomic mass is 9.98. The predicted octanol–water partition coefficient (Wildman–Crippen LogP) is 4.46. The van der Waals surface area contributed by atoms with Crippen molar-refractivity contribution in [3.05, 3.63) is 69.1 Å². The number of benzene rings is 2. The highest BCUT2D eigenvalue weighted by Gasteiger charge is 2.22. The summed E-state index contributed by atoms with van der Waals surface area (Å²) in [4.78, 5) is 14.3. The van der Waals surface area contributed by atoms with Gasteiger partial charge in [-0.05, 0) is 49.1 Å². The molecule has 0 N–H and O–H groups in total. The first kappa shape index (κ1) is 19.5. The average molecular weight is 393 g/mol. The first-order valence-electron chi connectivity index (χ1n) is 10.2. The molecule has 5 nitrogen and oxygen atoms in total. The van der Waals surface area contributed by atoms with Gasteiger partial charge >= 0.3 is 5.63 Å². The molecule has 0 amide bonds. The van der Waals surface area contributed by atoms with Gasteiger partial charge in [-0.1, -0.05) is 25.5 Å². The monoisotopic (exact) mass is 393 g/mol. The van der Waals surface area contributed by atoms with E-state index in [4.69, 9.17) is 13.9 Å². The fraction of sp³-hybridized carbons (Fsp3) is 0.375. The van der Waals surface area contributed by atoms with Gasteiger partial charge in [0, 0.05) is 35.7 Å². The van der Waals surface area contributed by atoms with Gasteiger partial charge in [0.25, 0.3) is 0 Å². The van der Waals surface area contributed by atoms with Crippen LogP contribution in [0.25, 0.3) is 11.0 Å². The van der Waals surface area contributed by atoms with Crippen molar-refractivity contribution >= 4 is 11.0 Å². The molecule has 1 aliphatic heterocycles. The molecule has 4 rings (SSSR count). The normalized spacial score (nSPS) is 13.9. The maximum absolute atomic E-state index is 12.0. The van der Waals surface area contributed by atoms with Crippen molar-refractivity contribution < 1.29 is 13.9 Å². The molecule has 1 aromatic heterocycles. The number of aryl methyl sites for hydroxylation is 2. The van der Waals surface area contributed by atoms with E-state index >= 15 is 0 Å². The summed E-state index contributed by atoms with van der Waals surface area (Å²) in [5.74, 6) is 1.73. The van der Waals surface area contributed by atoms with Crippen LogP contribution in [0.3, 0.4) is 0 Å². The summed E-state index contributed by atoms with van der Waals surface area (Å²) >= 11 is 0. The van der Waals surface area contributed by atoms with E-state index in [1.54, 1.807) is 13.2 Å². The first-order valence-corrected chi connectivity index (χ1v) is 10.2. The highest BCUT2D eigenvalue weighted by Crippen LogP contribution is 2.36. The molecule has 0 saturated heterocycles. The number of nitrogens with zero attached hydrogens (tertiary/aromatic N) is 1. The molecule has 0 spiro atoms. The first-order chi connectivity index (χ1) is 14.1. The van der Waals surface area contributed by atoms with Crippen molar-refractivity contribution in [3.8, 4) is 11.5 Å². The van der Waals surface area contributed by atoms with Gasteiger partial charge in [0.05, 0.1) is 7.11 Å². The molecular formula is C24H27NO4. The number of hydrogen-bond donors (Lipinski definition) is 0. The second kappa shape index (κ2) is 8.29. The summed E-state index contributed by atoms with van der Waals surface area (Å²) in [5.41, 5.74) is 4.77. The highest BCUT2D eigenvalue weighted by molar-refractivity contribution is 5.86.